The fourth-order valence-corrected chi connectivity index (χ4v) is 2.41. The van der Waals surface area contributed by atoms with Crippen molar-refractivity contribution in [3.8, 4) is 0 Å². The first-order valence-electron chi connectivity index (χ1n) is 6.58. The smallest absolute Gasteiger partial charge is 0.229 e. The van der Waals surface area contributed by atoms with Crippen LogP contribution in [0.1, 0.15) is 17.8 Å². The Balaban J connectivity index is 1.64. The Hall–Kier alpha value is -2.37. The van der Waals surface area contributed by atoms with Crippen molar-refractivity contribution in [2.45, 2.75) is 12.8 Å². The number of aromatic nitrogens is 3. The molecule has 1 amide bonds. The monoisotopic (exact) mass is 272 g/mol. The molecule has 0 radical (unpaired) electrons. The molecule has 0 aromatic carbocycles. The van der Waals surface area contributed by atoms with E-state index >= 15 is 0 Å². The summed E-state index contributed by atoms with van der Waals surface area (Å²) in [5, 5.41) is 7.94. The van der Waals surface area contributed by atoms with E-state index in [0.717, 1.165) is 18.7 Å². The summed E-state index contributed by atoms with van der Waals surface area (Å²) in [5.41, 5.74) is 3.04. The van der Waals surface area contributed by atoms with Crippen molar-refractivity contribution in [1.82, 2.24) is 19.8 Å². The predicted octanol–water partition coefficient (Wildman–Crippen LogP) is 1.27. The highest BCUT2D eigenvalue weighted by molar-refractivity contribution is 5.79. The van der Waals surface area contributed by atoms with Crippen LogP contribution < -0.4 is 0 Å². The van der Waals surface area contributed by atoms with Gasteiger partial charge in [-0.2, -0.15) is 5.10 Å². The lowest BCUT2D eigenvalue weighted by molar-refractivity contribution is -0.130. The van der Waals surface area contributed by atoms with Crippen LogP contribution in [0.4, 0.5) is 0 Å². The van der Waals surface area contributed by atoms with E-state index in [0.29, 0.717) is 18.7 Å². The van der Waals surface area contributed by atoms with E-state index in [1.165, 1.54) is 11.8 Å². The molecule has 0 bridgehead atoms. The number of hydrogen-bond acceptors (Lipinski definition) is 4. The zero-order chi connectivity index (χ0) is 13.9. The quantitative estimate of drug-likeness (QED) is 0.844. The van der Waals surface area contributed by atoms with Crippen molar-refractivity contribution >= 4 is 11.5 Å². The summed E-state index contributed by atoms with van der Waals surface area (Å²) in [6.45, 7) is 1.37. The second kappa shape index (κ2) is 5.32. The highest BCUT2D eigenvalue weighted by atomic mass is 16.5. The van der Waals surface area contributed by atoms with E-state index in [1.54, 1.807) is 12.3 Å². The van der Waals surface area contributed by atoms with Gasteiger partial charge in [-0.3, -0.25) is 9.48 Å². The summed E-state index contributed by atoms with van der Waals surface area (Å²) < 4.78 is 6.60. The first-order chi connectivity index (χ1) is 9.74. The van der Waals surface area contributed by atoms with Crippen molar-refractivity contribution in [2.75, 3.05) is 13.1 Å². The van der Waals surface area contributed by atoms with E-state index in [1.807, 2.05) is 22.7 Å². The molecule has 0 fully saturated rings. The molecule has 0 aliphatic carbocycles. The minimum absolute atomic E-state index is 0.0826. The van der Waals surface area contributed by atoms with Crippen LogP contribution in [-0.4, -0.2) is 38.8 Å². The second-order valence-electron chi connectivity index (χ2n) is 4.83. The molecule has 20 heavy (non-hydrogen) atoms. The number of carbonyl (C=O) groups excluding carboxylic acids is 1. The van der Waals surface area contributed by atoms with Crippen LogP contribution in [0.15, 0.2) is 35.2 Å². The van der Waals surface area contributed by atoms with Gasteiger partial charge in [0.05, 0.1) is 17.8 Å². The molecule has 104 valence electrons. The lowest BCUT2D eigenvalue weighted by atomic mass is 10.0. The number of amides is 1. The van der Waals surface area contributed by atoms with Gasteiger partial charge in [0.15, 0.2) is 0 Å². The van der Waals surface area contributed by atoms with Crippen LogP contribution in [0.5, 0.6) is 0 Å². The predicted molar refractivity (Wildman–Crippen MR) is 72.6 cm³/mol. The largest absolute Gasteiger partial charge is 0.364 e. The van der Waals surface area contributed by atoms with Crippen molar-refractivity contribution in [2.24, 2.45) is 7.05 Å². The number of nitrogens with zero attached hydrogens (tertiary/aromatic N) is 4. The van der Waals surface area contributed by atoms with Gasteiger partial charge in [0, 0.05) is 32.4 Å². The zero-order valence-electron chi connectivity index (χ0n) is 11.3. The summed E-state index contributed by atoms with van der Waals surface area (Å²) in [6.07, 6.45) is 6.52. The van der Waals surface area contributed by atoms with Gasteiger partial charge in [-0.1, -0.05) is 11.2 Å². The molecule has 6 heteroatoms. The maximum atomic E-state index is 12.1. The van der Waals surface area contributed by atoms with Gasteiger partial charge in [-0.15, -0.1) is 0 Å². The Morgan fingerprint density at radius 3 is 2.95 bits per heavy atom. The average Bonchev–Trinajstić information content (AvgIpc) is 3.10. The van der Waals surface area contributed by atoms with E-state index in [9.17, 15) is 4.79 Å². The highest BCUT2D eigenvalue weighted by Gasteiger charge is 2.19. The third kappa shape index (κ3) is 2.49. The van der Waals surface area contributed by atoms with E-state index in [4.69, 9.17) is 4.52 Å². The Labute approximate surface area is 116 Å². The molecule has 3 heterocycles. The summed E-state index contributed by atoms with van der Waals surface area (Å²) in [4.78, 5) is 14.0. The van der Waals surface area contributed by atoms with E-state index in [2.05, 4.69) is 16.3 Å². The van der Waals surface area contributed by atoms with Crippen molar-refractivity contribution in [1.29, 1.82) is 0 Å². The van der Waals surface area contributed by atoms with Gasteiger partial charge in [-0.05, 0) is 18.1 Å². The lowest BCUT2D eigenvalue weighted by Crippen LogP contribution is -2.35. The first-order valence-corrected chi connectivity index (χ1v) is 6.58. The van der Waals surface area contributed by atoms with Gasteiger partial charge >= 0.3 is 0 Å². The van der Waals surface area contributed by atoms with Crippen LogP contribution in [-0.2, 0) is 18.3 Å². The van der Waals surface area contributed by atoms with Crippen LogP contribution in [0, 0.1) is 0 Å². The van der Waals surface area contributed by atoms with E-state index in [-0.39, 0.29) is 5.91 Å². The van der Waals surface area contributed by atoms with Crippen molar-refractivity contribution in [3.05, 3.63) is 42.1 Å². The normalized spacial score (nSPS) is 15.2. The number of carbonyl (C=O) groups is 1. The zero-order valence-corrected chi connectivity index (χ0v) is 11.3. The molecule has 0 spiro atoms. The van der Waals surface area contributed by atoms with Gasteiger partial charge in [0.1, 0.15) is 6.26 Å². The maximum absolute atomic E-state index is 12.1. The van der Waals surface area contributed by atoms with E-state index < -0.39 is 0 Å². The molecule has 2 aromatic rings. The molecule has 3 rings (SSSR count). The molecule has 1 aliphatic heterocycles. The Bertz CT molecular complexity index is 627. The van der Waals surface area contributed by atoms with Crippen LogP contribution in [0.3, 0.4) is 0 Å². The van der Waals surface area contributed by atoms with Gasteiger partial charge in [0.2, 0.25) is 5.91 Å². The van der Waals surface area contributed by atoms with Crippen LogP contribution >= 0.6 is 0 Å². The second-order valence-corrected chi connectivity index (χ2v) is 4.83. The molecule has 6 nitrogen and oxygen atoms in total. The Morgan fingerprint density at radius 2 is 2.35 bits per heavy atom. The number of aryl methyl sites for hydroxylation is 1. The SMILES string of the molecule is Cn1nccc1C1=CCN(C(=O)Cc2ccon2)CC1. The third-order valence-electron chi connectivity index (χ3n) is 3.54. The molecule has 0 saturated carbocycles. The highest BCUT2D eigenvalue weighted by Crippen LogP contribution is 2.21. The average molecular weight is 272 g/mol. The van der Waals surface area contributed by atoms with Crippen molar-refractivity contribution in [3.63, 3.8) is 0 Å². The topological polar surface area (TPSA) is 64.2 Å². The molecule has 2 aromatic heterocycles. The molecule has 0 saturated heterocycles. The van der Waals surface area contributed by atoms with Crippen LogP contribution in [0.2, 0.25) is 0 Å². The Kier molecular flexibility index (Phi) is 3.37. The van der Waals surface area contributed by atoms with Crippen LogP contribution in [0.25, 0.3) is 5.57 Å². The molecular formula is C14H16N4O2. The minimum Gasteiger partial charge on any atom is -0.364 e. The fraction of sp³-hybridized carbons (Fsp3) is 0.357. The lowest BCUT2D eigenvalue weighted by Gasteiger charge is -2.26. The summed E-state index contributed by atoms with van der Waals surface area (Å²) in [6, 6.07) is 3.72. The summed E-state index contributed by atoms with van der Waals surface area (Å²) >= 11 is 0. The molecule has 0 atom stereocenters. The summed E-state index contributed by atoms with van der Waals surface area (Å²) in [7, 11) is 1.93. The number of rotatable bonds is 3. The van der Waals surface area contributed by atoms with Gasteiger partial charge in [0.25, 0.3) is 0 Å². The molecule has 1 aliphatic rings. The summed E-state index contributed by atoms with van der Waals surface area (Å²) in [5.74, 6) is 0.0826. The standard InChI is InChI=1S/C14H16N4O2/c1-17-13(2-6-15-17)11-3-7-18(8-4-11)14(19)10-12-5-9-20-16-12/h2-3,5-6,9H,4,7-8,10H2,1H3. The first kappa shape index (κ1) is 12.7. The van der Waals surface area contributed by atoms with Crippen molar-refractivity contribution < 1.29 is 9.32 Å². The fourth-order valence-electron chi connectivity index (χ4n) is 2.41. The number of hydrogen-bond donors (Lipinski definition) is 0. The minimum atomic E-state index is 0.0826. The van der Waals surface area contributed by atoms with Gasteiger partial charge < -0.3 is 9.42 Å². The third-order valence-corrected chi connectivity index (χ3v) is 3.54. The molecule has 0 unspecified atom stereocenters. The van der Waals surface area contributed by atoms with Gasteiger partial charge in [-0.25, -0.2) is 0 Å². The Morgan fingerprint density at radius 1 is 1.45 bits per heavy atom. The maximum Gasteiger partial charge on any atom is 0.229 e. The molecular weight excluding hydrogens is 256 g/mol. The molecule has 0 N–H and O–H groups in total.